The molecule has 814 valence electrons. The number of aliphatic carboxylic acids is 1. The maximum atomic E-state index is 13.8. The molecule has 45 nitrogen and oxygen atoms in total. The first-order valence-electron chi connectivity index (χ1n) is 50.8. The maximum Gasteiger partial charge on any atom is 0.364 e. The molecule has 7 saturated heterocycles. The fourth-order valence-electron chi connectivity index (χ4n) is 18.8. The average molecular weight is 2020 g/mol. The predicted molar refractivity (Wildman–Crippen MR) is 492 cm³/mol. The molecule has 7 fully saturated rings. The van der Waals surface area contributed by atoms with Crippen molar-refractivity contribution in [3.05, 3.63) is 24.3 Å². The minimum atomic E-state index is -3.27. The first-order valence-corrected chi connectivity index (χ1v) is 50.8. The monoisotopic (exact) mass is 2020 g/mol. The number of carbonyl (C=O) groups is 5. The van der Waals surface area contributed by atoms with E-state index in [1.807, 2.05) is 6.08 Å². The highest BCUT2D eigenvalue weighted by molar-refractivity contribution is 5.77. The maximum absolute atomic E-state index is 13.8. The Labute approximate surface area is 819 Å². The van der Waals surface area contributed by atoms with E-state index in [9.17, 15) is 136 Å². The molecule has 0 aromatic heterocycles. The number of aliphatic hydroxyl groups is 21. The van der Waals surface area contributed by atoms with E-state index in [1.165, 1.54) is 134 Å². The van der Waals surface area contributed by atoms with Crippen molar-refractivity contribution in [3.8, 4) is 0 Å². The smallest absolute Gasteiger partial charge is 0.364 e. The Morgan fingerprint density at radius 1 is 0.371 bits per heavy atom. The molecule has 26 N–H and O–H groups in total. The molecule has 7 heterocycles. The first kappa shape index (κ1) is 122. The highest BCUT2D eigenvalue weighted by Crippen LogP contribution is 2.42. The quantitative estimate of drug-likeness (QED) is 0.0224. The van der Waals surface area contributed by atoms with E-state index in [-0.39, 0.29) is 6.42 Å². The molecule has 4 amide bonds. The Morgan fingerprint density at radius 3 is 1.19 bits per heavy atom. The van der Waals surface area contributed by atoms with Gasteiger partial charge in [0.2, 0.25) is 23.6 Å². The Kier molecular flexibility index (Phi) is 56.5. The zero-order chi connectivity index (χ0) is 103. The van der Waals surface area contributed by atoms with Crippen molar-refractivity contribution >= 4 is 29.6 Å². The van der Waals surface area contributed by atoms with Gasteiger partial charge >= 0.3 is 5.97 Å². The zero-order valence-corrected chi connectivity index (χ0v) is 81.7. The molecule has 0 spiro atoms. The number of unbranched alkanes of at least 4 members (excludes halogenated alkanes) is 30. The van der Waals surface area contributed by atoms with Crippen LogP contribution in [0.4, 0.5) is 0 Å². The van der Waals surface area contributed by atoms with E-state index in [1.54, 1.807) is 0 Å². The highest BCUT2D eigenvalue weighted by atomic mass is 16.8. The molecule has 0 aromatic rings. The largest absolute Gasteiger partial charge is 0.477 e. The second-order valence-corrected chi connectivity index (χ2v) is 38.1. The van der Waals surface area contributed by atoms with Crippen LogP contribution in [-0.2, 0) is 90.3 Å². The molecular formula is C95H168N4O41. The lowest BCUT2D eigenvalue weighted by molar-refractivity contribution is -0.402. The number of allylic oxidation sites excluding steroid dienone is 3. The van der Waals surface area contributed by atoms with Gasteiger partial charge in [0.1, 0.15) is 165 Å². The van der Waals surface area contributed by atoms with Crippen molar-refractivity contribution in [3.63, 3.8) is 0 Å². The lowest BCUT2D eigenvalue weighted by atomic mass is 9.88. The second kappa shape index (κ2) is 64.6. The van der Waals surface area contributed by atoms with Crippen molar-refractivity contribution in [2.24, 2.45) is 0 Å². The average Bonchev–Trinajstić information content (AvgIpc) is 0.752. The van der Waals surface area contributed by atoms with E-state index in [4.69, 9.17) is 66.3 Å². The topological polar surface area (TPSA) is 708 Å². The summed E-state index contributed by atoms with van der Waals surface area (Å²) in [6.45, 7) is -1.24. The number of aliphatic hydroxyl groups excluding tert-OH is 21. The predicted octanol–water partition coefficient (Wildman–Crippen LogP) is -2.35. The molecular weight excluding hydrogens is 1850 g/mol. The van der Waals surface area contributed by atoms with Crippen LogP contribution < -0.4 is 21.3 Å². The number of ether oxygens (including phenoxy) is 14. The molecule has 0 bridgehead atoms. The van der Waals surface area contributed by atoms with Crippen molar-refractivity contribution < 1.29 is 203 Å². The van der Waals surface area contributed by atoms with Crippen LogP contribution in [0.1, 0.15) is 259 Å². The molecule has 0 aromatic carbocycles. The van der Waals surface area contributed by atoms with Crippen LogP contribution in [0.5, 0.6) is 0 Å². The Balaban J connectivity index is 1.06. The number of rotatable bonds is 66. The van der Waals surface area contributed by atoms with Gasteiger partial charge in [0.25, 0.3) is 5.79 Å². The van der Waals surface area contributed by atoms with Crippen molar-refractivity contribution in [1.82, 2.24) is 21.3 Å². The summed E-state index contributed by atoms with van der Waals surface area (Å²) in [5.41, 5.74) is 0. The summed E-state index contributed by atoms with van der Waals surface area (Å²) in [6, 6.07) is -6.68. The molecule has 0 aliphatic carbocycles. The number of nitrogens with one attached hydrogen (secondary N) is 4. The number of carbonyl (C=O) groups excluding carboxylic acids is 4. The van der Waals surface area contributed by atoms with Crippen LogP contribution in [-0.4, -0.2) is 427 Å². The summed E-state index contributed by atoms with van der Waals surface area (Å²) in [6.07, 6.45) is -25.5. The van der Waals surface area contributed by atoms with Crippen LogP contribution in [0.25, 0.3) is 0 Å². The third-order valence-corrected chi connectivity index (χ3v) is 26.9. The Hall–Kier alpha value is -4.57. The third-order valence-electron chi connectivity index (χ3n) is 26.9. The summed E-state index contributed by atoms with van der Waals surface area (Å²) in [5.74, 6) is -8.48. The number of hydrogen-bond donors (Lipinski definition) is 26. The number of carboxylic acids is 1. The lowest BCUT2D eigenvalue weighted by Crippen LogP contribution is -2.71. The minimum absolute atomic E-state index is 0.116. The van der Waals surface area contributed by atoms with Crippen molar-refractivity contribution in [2.45, 2.75) is 492 Å². The van der Waals surface area contributed by atoms with Crippen LogP contribution in [0.2, 0.25) is 0 Å². The molecule has 45 heteroatoms. The highest BCUT2D eigenvalue weighted by Gasteiger charge is 2.63. The third kappa shape index (κ3) is 37.0. The molecule has 0 radical (unpaired) electrons. The second-order valence-electron chi connectivity index (χ2n) is 38.1. The fourth-order valence-corrected chi connectivity index (χ4v) is 18.8. The molecule has 7 aliphatic rings. The summed E-state index contributed by atoms with van der Waals surface area (Å²) >= 11 is 0. The summed E-state index contributed by atoms with van der Waals surface area (Å²) < 4.78 is 84.4. The van der Waals surface area contributed by atoms with Crippen molar-refractivity contribution in [1.29, 1.82) is 0 Å². The SMILES string of the molecule is CCCCCCCC/C=C\CCCCCCCCCCCCCCCC(=O)N[C@@H](CO[C@@H]1OC(CO)[C@@H](O[C@@H]2OC(CO)[C@H](O[C@@H]3OC(CO)[C@H](O)[C@H](O)C3NC(C)=O)[C@H](O[C@H]3OC(CO)[C@H](O)[C@H](O[C@@H]4OC(CO)[C@@H](O[C@@H]5OC(CO)[C@H](O)[C@H](O[C@]6(C(=O)O)CC(O)[C@@H](NC(C)=O)C([C@H](O)[C@H](O)CO)O6)C5O)[C@H](O)C4NC(C)=O)C3O)C2O)[C@H](O)C1O)[C@H](O)/C=C/CCCCCCCCCCCCC. The molecule has 0 saturated carbocycles. The van der Waals surface area contributed by atoms with Gasteiger partial charge in [-0.05, 0) is 44.9 Å². The number of carboxylic acid groups (broad SMARTS) is 1. The van der Waals surface area contributed by atoms with Crippen molar-refractivity contribution in [2.75, 3.05) is 52.9 Å². The van der Waals surface area contributed by atoms with Crippen LogP contribution in [0.3, 0.4) is 0 Å². The minimum Gasteiger partial charge on any atom is -0.477 e. The van der Waals surface area contributed by atoms with Gasteiger partial charge in [-0.15, -0.1) is 0 Å². The van der Waals surface area contributed by atoms with Gasteiger partial charge in [-0.1, -0.05) is 205 Å². The zero-order valence-electron chi connectivity index (χ0n) is 81.7. The normalized spacial score (nSPS) is 35.9. The molecule has 7 rings (SSSR count). The lowest BCUT2D eigenvalue weighted by Gasteiger charge is -2.52. The Bertz CT molecular complexity index is 3500. The summed E-state index contributed by atoms with van der Waals surface area (Å²) in [5, 5.41) is 260. The fraction of sp³-hybridized carbons (Fsp3) is 0.905. The first-order chi connectivity index (χ1) is 67.1. The summed E-state index contributed by atoms with van der Waals surface area (Å²) in [4.78, 5) is 65.3. The number of amides is 4. The standard InChI is InChI=1S/C95H168N4O41/c1-6-8-10-12-14-16-18-20-21-22-23-24-25-26-27-28-29-31-33-35-37-39-41-43-66(113)99-56(57(110)42-40-38-36-34-32-30-19-17-15-13-11-9-7-2)52-127-90-77(121)76(120)82(64(50-105)132-90)135-93-80(124)87(83(65(51-106)133-93)136-88-68(97-54(4)108)74(118)71(115)60(46-101)128-88)138-91-78(122)85(72(116)61(47-102)129-91)137-89-69(98-55(5)109)75(119)81(63(49-104)131-89)134-92-79(123)86(73(117)62(48-103)130-92)140-95(94(125)126)44-58(111)67(96-53(3)107)84(139-95)70(114)59(112)45-100/h20-21,40,42,56-65,67-93,100-106,110-112,114-124H,6-19,22-39,41,43-52H2,1-5H3,(H,96,107)(H,97,108)(H,98,109)(H,99,113)(H,125,126)/b21-20-,42-40+/t56-,57+,58?,59+,60?,61?,62?,63?,64?,65?,67+,68?,69?,70+,71-,72-,73-,74+,75+,76+,77?,78?,79?,80?,81+,82+,83-,84?,85-,86-,87+,88-,89-,90+,91+,92-,93-,95-/m0/s1. The van der Waals surface area contributed by atoms with E-state index in [0.717, 1.165) is 91.4 Å². The van der Waals surface area contributed by atoms with Crippen LogP contribution in [0, 0.1) is 0 Å². The van der Waals surface area contributed by atoms with E-state index in [0.29, 0.717) is 12.8 Å². The number of hydrogen-bond acceptors (Lipinski definition) is 40. The van der Waals surface area contributed by atoms with Gasteiger partial charge in [0, 0.05) is 33.6 Å². The van der Waals surface area contributed by atoms with Crippen LogP contribution in [0.15, 0.2) is 24.3 Å². The Morgan fingerprint density at radius 2 is 0.729 bits per heavy atom. The van der Waals surface area contributed by atoms with Gasteiger partial charge in [-0.25, -0.2) is 4.79 Å². The molecule has 38 atom stereocenters. The van der Waals surface area contributed by atoms with E-state index in [2.05, 4.69) is 47.3 Å². The van der Waals surface area contributed by atoms with E-state index >= 15 is 0 Å². The van der Waals surface area contributed by atoms with Gasteiger partial charge in [-0.3, -0.25) is 19.2 Å². The molecule has 7 aliphatic heterocycles. The van der Waals surface area contributed by atoms with Gasteiger partial charge in [0.15, 0.2) is 37.7 Å². The van der Waals surface area contributed by atoms with Gasteiger partial charge in [-0.2, -0.15) is 0 Å². The van der Waals surface area contributed by atoms with E-state index < -0.39 is 321 Å². The van der Waals surface area contributed by atoms with Gasteiger partial charge in [0.05, 0.1) is 77.1 Å². The molecule has 14 unspecified atom stereocenters. The molecule has 140 heavy (non-hydrogen) atoms. The van der Waals surface area contributed by atoms with Crippen LogP contribution >= 0.6 is 0 Å². The summed E-state index contributed by atoms with van der Waals surface area (Å²) in [7, 11) is 0. The van der Waals surface area contributed by atoms with Gasteiger partial charge < -0.3 is 200 Å².